The van der Waals surface area contributed by atoms with Gasteiger partial charge in [-0.3, -0.25) is 0 Å². The summed E-state index contributed by atoms with van der Waals surface area (Å²) in [4.78, 5) is 4.75. The number of benzene rings is 1. The van der Waals surface area contributed by atoms with Crippen LogP contribution < -0.4 is 5.32 Å². The Balaban J connectivity index is 1.94. The van der Waals surface area contributed by atoms with Crippen molar-refractivity contribution in [1.82, 2.24) is 9.55 Å². The minimum Gasteiger partial charge on any atom is -0.382 e. The van der Waals surface area contributed by atoms with Gasteiger partial charge in [-0.05, 0) is 43.9 Å². The molecule has 0 aliphatic carbocycles. The highest BCUT2D eigenvalue weighted by Gasteiger charge is 2.20. The normalized spacial score (nSPS) is 22.3. The summed E-state index contributed by atoms with van der Waals surface area (Å²) in [6.07, 6.45) is 4.83. The van der Waals surface area contributed by atoms with Crippen LogP contribution in [0.5, 0.6) is 0 Å². The second-order valence-corrected chi connectivity index (χ2v) is 5.37. The molecule has 3 heterocycles. The van der Waals surface area contributed by atoms with Gasteiger partial charge in [0.25, 0.3) is 0 Å². The van der Waals surface area contributed by atoms with E-state index in [4.69, 9.17) is 4.98 Å². The Morgan fingerprint density at radius 2 is 2.29 bits per heavy atom. The molecule has 1 unspecified atom stereocenters. The zero-order chi connectivity index (χ0) is 11.4. The number of imidazole rings is 1. The van der Waals surface area contributed by atoms with Gasteiger partial charge in [0, 0.05) is 24.7 Å². The molecule has 1 N–H and O–H groups in total. The number of nitrogens with zero attached hydrogens (tertiary/aromatic N) is 2. The SMILES string of the molecule is CC1CCc2cc3c(cc2N1)nc1n3CCC1. The molecule has 1 atom stereocenters. The Morgan fingerprint density at radius 3 is 3.24 bits per heavy atom. The molecule has 0 bridgehead atoms. The largest absolute Gasteiger partial charge is 0.382 e. The average molecular weight is 227 g/mol. The molecule has 0 saturated heterocycles. The Bertz CT molecular complexity index is 597. The van der Waals surface area contributed by atoms with E-state index in [1.54, 1.807) is 0 Å². The maximum absolute atomic E-state index is 4.75. The Labute approximate surface area is 101 Å². The molecule has 1 aromatic carbocycles. The minimum atomic E-state index is 0.592. The second-order valence-electron chi connectivity index (χ2n) is 5.37. The Morgan fingerprint density at radius 1 is 1.35 bits per heavy atom. The van der Waals surface area contributed by atoms with Gasteiger partial charge in [-0.25, -0.2) is 4.98 Å². The first-order valence-electron chi connectivity index (χ1n) is 6.60. The van der Waals surface area contributed by atoms with E-state index in [-0.39, 0.29) is 0 Å². The lowest BCUT2D eigenvalue weighted by molar-refractivity contribution is 0.681. The topological polar surface area (TPSA) is 29.9 Å². The summed E-state index contributed by atoms with van der Waals surface area (Å²) in [6.45, 7) is 3.40. The molecule has 0 saturated carbocycles. The molecular formula is C14H17N3. The summed E-state index contributed by atoms with van der Waals surface area (Å²) in [5.41, 5.74) is 5.27. The fourth-order valence-corrected chi connectivity index (χ4v) is 3.15. The molecular weight excluding hydrogens is 210 g/mol. The van der Waals surface area contributed by atoms with Gasteiger partial charge in [0.05, 0.1) is 11.0 Å². The number of rotatable bonds is 0. The monoisotopic (exact) mass is 227 g/mol. The predicted octanol–water partition coefficient (Wildman–Crippen LogP) is 2.73. The Hall–Kier alpha value is -1.51. The van der Waals surface area contributed by atoms with Crippen molar-refractivity contribution in [2.45, 2.75) is 45.2 Å². The number of anilines is 1. The van der Waals surface area contributed by atoms with Crippen molar-refractivity contribution < 1.29 is 0 Å². The van der Waals surface area contributed by atoms with E-state index in [1.165, 1.54) is 47.4 Å². The summed E-state index contributed by atoms with van der Waals surface area (Å²) in [5.74, 6) is 1.27. The number of hydrogen-bond acceptors (Lipinski definition) is 2. The van der Waals surface area contributed by atoms with Crippen LogP contribution in [-0.4, -0.2) is 15.6 Å². The van der Waals surface area contributed by atoms with E-state index in [2.05, 4.69) is 28.9 Å². The van der Waals surface area contributed by atoms with E-state index < -0.39 is 0 Å². The van der Waals surface area contributed by atoms with E-state index in [0.29, 0.717) is 6.04 Å². The van der Waals surface area contributed by atoms with Gasteiger partial charge in [-0.2, -0.15) is 0 Å². The molecule has 1 aromatic heterocycles. The smallest absolute Gasteiger partial charge is 0.109 e. The van der Waals surface area contributed by atoms with E-state index in [9.17, 15) is 0 Å². The number of nitrogens with one attached hydrogen (secondary N) is 1. The molecule has 0 radical (unpaired) electrons. The van der Waals surface area contributed by atoms with E-state index in [1.807, 2.05) is 0 Å². The van der Waals surface area contributed by atoms with Crippen LogP contribution in [0.2, 0.25) is 0 Å². The van der Waals surface area contributed by atoms with Crippen LogP contribution in [0, 0.1) is 0 Å². The molecule has 0 fully saturated rings. The van der Waals surface area contributed by atoms with Gasteiger partial charge in [-0.15, -0.1) is 0 Å². The minimum absolute atomic E-state index is 0.592. The molecule has 88 valence electrons. The van der Waals surface area contributed by atoms with Crippen LogP contribution in [0.25, 0.3) is 11.0 Å². The highest BCUT2D eigenvalue weighted by atomic mass is 15.1. The summed E-state index contributed by atoms with van der Waals surface area (Å²) in [6, 6.07) is 5.19. The zero-order valence-electron chi connectivity index (χ0n) is 10.2. The average Bonchev–Trinajstić information content (AvgIpc) is 2.86. The molecule has 2 aliphatic heterocycles. The van der Waals surface area contributed by atoms with Gasteiger partial charge >= 0.3 is 0 Å². The summed E-state index contributed by atoms with van der Waals surface area (Å²) < 4.78 is 2.40. The number of aromatic nitrogens is 2. The third kappa shape index (κ3) is 1.31. The standard InChI is InChI=1S/C14H17N3/c1-9-4-5-10-7-13-12(8-11(10)15-9)16-14-3-2-6-17(13)14/h7-9,15H,2-6H2,1H3. The quantitative estimate of drug-likeness (QED) is 0.750. The predicted molar refractivity (Wildman–Crippen MR) is 69.5 cm³/mol. The molecule has 2 aromatic rings. The zero-order valence-corrected chi connectivity index (χ0v) is 10.2. The van der Waals surface area contributed by atoms with Crippen molar-refractivity contribution in [2.75, 3.05) is 5.32 Å². The van der Waals surface area contributed by atoms with Crippen LogP contribution in [0.4, 0.5) is 5.69 Å². The third-order valence-corrected chi connectivity index (χ3v) is 4.08. The Kier molecular flexibility index (Phi) is 1.82. The summed E-state index contributed by atoms with van der Waals surface area (Å²) in [5, 5.41) is 3.57. The van der Waals surface area contributed by atoms with Gasteiger partial charge in [0.2, 0.25) is 0 Å². The maximum Gasteiger partial charge on any atom is 0.109 e. The number of aryl methyl sites for hydroxylation is 3. The van der Waals surface area contributed by atoms with Crippen molar-refractivity contribution in [3.8, 4) is 0 Å². The van der Waals surface area contributed by atoms with E-state index in [0.717, 1.165) is 13.0 Å². The molecule has 3 nitrogen and oxygen atoms in total. The van der Waals surface area contributed by atoms with Crippen molar-refractivity contribution in [3.63, 3.8) is 0 Å². The second kappa shape index (κ2) is 3.25. The molecule has 3 heteroatoms. The first kappa shape index (κ1) is 9.51. The lowest BCUT2D eigenvalue weighted by atomic mass is 9.98. The highest BCUT2D eigenvalue weighted by molar-refractivity contribution is 5.83. The van der Waals surface area contributed by atoms with Crippen LogP contribution in [0.15, 0.2) is 12.1 Å². The molecule has 2 aliphatic rings. The van der Waals surface area contributed by atoms with Crippen LogP contribution >= 0.6 is 0 Å². The summed E-state index contributed by atoms with van der Waals surface area (Å²) in [7, 11) is 0. The van der Waals surface area contributed by atoms with Crippen molar-refractivity contribution >= 4 is 16.7 Å². The van der Waals surface area contributed by atoms with Crippen LogP contribution in [0.1, 0.15) is 31.2 Å². The summed E-state index contributed by atoms with van der Waals surface area (Å²) >= 11 is 0. The van der Waals surface area contributed by atoms with Gasteiger partial charge < -0.3 is 9.88 Å². The number of fused-ring (bicyclic) bond motifs is 4. The van der Waals surface area contributed by atoms with Gasteiger partial charge in [-0.1, -0.05) is 0 Å². The maximum atomic E-state index is 4.75. The van der Waals surface area contributed by atoms with Crippen LogP contribution in [0.3, 0.4) is 0 Å². The molecule has 0 amide bonds. The fraction of sp³-hybridized carbons (Fsp3) is 0.500. The highest BCUT2D eigenvalue weighted by Crippen LogP contribution is 2.31. The van der Waals surface area contributed by atoms with Gasteiger partial charge in [0.15, 0.2) is 0 Å². The lowest BCUT2D eigenvalue weighted by Gasteiger charge is -2.24. The van der Waals surface area contributed by atoms with Crippen molar-refractivity contribution in [1.29, 1.82) is 0 Å². The van der Waals surface area contributed by atoms with Crippen LogP contribution in [-0.2, 0) is 19.4 Å². The van der Waals surface area contributed by atoms with E-state index >= 15 is 0 Å². The first-order chi connectivity index (χ1) is 8.31. The molecule has 17 heavy (non-hydrogen) atoms. The fourth-order valence-electron chi connectivity index (χ4n) is 3.15. The number of hydrogen-bond donors (Lipinski definition) is 1. The third-order valence-electron chi connectivity index (χ3n) is 4.08. The first-order valence-corrected chi connectivity index (χ1v) is 6.60. The van der Waals surface area contributed by atoms with Crippen molar-refractivity contribution in [3.05, 3.63) is 23.5 Å². The lowest BCUT2D eigenvalue weighted by Crippen LogP contribution is -2.21. The molecule has 4 rings (SSSR count). The van der Waals surface area contributed by atoms with Gasteiger partial charge in [0.1, 0.15) is 5.82 Å². The van der Waals surface area contributed by atoms with Crippen molar-refractivity contribution in [2.24, 2.45) is 0 Å². The molecule has 0 spiro atoms.